The quantitative estimate of drug-likeness (QED) is 0.295. The highest BCUT2D eigenvalue weighted by molar-refractivity contribution is 5.90. The molecule has 1 atom stereocenters. The summed E-state index contributed by atoms with van der Waals surface area (Å²) in [5.41, 5.74) is 0.375. The van der Waals surface area contributed by atoms with Crippen molar-refractivity contribution >= 4 is 28.8 Å². The molecule has 5 aromatic heterocycles. The molecule has 1 N–H and O–H groups in total. The zero-order valence-electron chi connectivity index (χ0n) is 23.3. The molecule has 6 heterocycles. The Labute approximate surface area is 246 Å². The van der Waals surface area contributed by atoms with Crippen molar-refractivity contribution in [3.8, 4) is 11.3 Å². The van der Waals surface area contributed by atoms with E-state index in [2.05, 4.69) is 30.2 Å². The monoisotopic (exact) mass is 606 g/mol. The zero-order chi connectivity index (χ0) is 31.0. The minimum Gasteiger partial charge on any atom is -0.329 e. The number of amides is 1. The molecule has 0 aromatic carbocycles. The summed E-state index contributed by atoms with van der Waals surface area (Å²) in [5, 5.41) is 2.67. The zero-order valence-corrected chi connectivity index (χ0v) is 23.3. The number of nitrogens with zero attached hydrogens (tertiary/aromatic N) is 9. The van der Waals surface area contributed by atoms with Gasteiger partial charge in [-0.1, -0.05) is 12.1 Å². The number of rotatable bonds is 7. The van der Waals surface area contributed by atoms with E-state index in [0.29, 0.717) is 23.4 Å². The number of hydrogen-bond donors (Lipinski definition) is 1. The van der Waals surface area contributed by atoms with Gasteiger partial charge in [-0.25, -0.2) is 24.7 Å². The summed E-state index contributed by atoms with van der Waals surface area (Å²) in [7, 11) is 1.49. The molecule has 0 unspecified atom stereocenters. The van der Waals surface area contributed by atoms with Crippen LogP contribution in [0.25, 0.3) is 22.4 Å². The number of imidazole rings is 1. The lowest BCUT2D eigenvalue weighted by atomic mass is 10.2. The highest BCUT2D eigenvalue weighted by Crippen LogP contribution is 2.34. The van der Waals surface area contributed by atoms with Crippen molar-refractivity contribution in [2.45, 2.75) is 38.1 Å². The van der Waals surface area contributed by atoms with E-state index in [1.165, 1.54) is 34.9 Å². The van der Waals surface area contributed by atoms with E-state index in [4.69, 9.17) is 0 Å². The van der Waals surface area contributed by atoms with Crippen molar-refractivity contribution in [1.29, 1.82) is 0 Å². The first-order chi connectivity index (χ1) is 21.1. The van der Waals surface area contributed by atoms with Crippen LogP contribution in [-0.4, -0.2) is 63.3 Å². The van der Waals surface area contributed by atoms with Gasteiger partial charge in [0.05, 0.1) is 24.3 Å². The molecule has 6 rings (SSSR count). The Morgan fingerprint density at radius 3 is 2.57 bits per heavy atom. The largest absolute Gasteiger partial charge is 0.408 e. The molecule has 1 aliphatic rings. The highest BCUT2D eigenvalue weighted by Gasteiger charge is 2.46. The van der Waals surface area contributed by atoms with Crippen LogP contribution in [0.3, 0.4) is 0 Å². The summed E-state index contributed by atoms with van der Waals surface area (Å²) in [6.07, 6.45) is 1.66. The number of alkyl halides is 3. The van der Waals surface area contributed by atoms with Gasteiger partial charge < -0.3 is 14.8 Å². The van der Waals surface area contributed by atoms with Crippen LogP contribution in [0, 0.1) is 0 Å². The fraction of sp³-hybridized carbons (Fsp3) is 0.286. The molecule has 226 valence electrons. The third kappa shape index (κ3) is 5.52. The Kier molecular flexibility index (Phi) is 7.40. The van der Waals surface area contributed by atoms with Gasteiger partial charge in [-0.15, -0.1) is 0 Å². The Balaban J connectivity index is 1.20. The summed E-state index contributed by atoms with van der Waals surface area (Å²) < 4.78 is 43.7. The van der Waals surface area contributed by atoms with Crippen LogP contribution in [0.5, 0.6) is 0 Å². The van der Waals surface area contributed by atoms with Gasteiger partial charge in [0.15, 0.2) is 11.2 Å². The van der Waals surface area contributed by atoms with Crippen LogP contribution < -0.4 is 21.5 Å². The van der Waals surface area contributed by atoms with E-state index >= 15 is 0 Å². The molecular formula is C28H25F3N10O3. The van der Waals surface area contributed by atoms with Crippen molar-refractivity contribution in [3.63, 3.8) is 0 Å². The van der Waals surface area contributed by atoms with Crippen LogP contribution in [0.1, 0.15) is 18.5 Å². The molecule has 44 heavy (non-hydrogen) atoms. The van der Waals surface area contributed by atoms with Gasteiger partial charge in [-0.2, -0.15) is 13.2 Å². The molecule has 16 heteroatoms. The molecule has 1 saturated heterocycles. The Hall–Kier alpha value is -5.41. The van der Waals surface area contributed by atoms with E-state index in [0.717, 1.165) is 9.47 Å². The molecule has 1 fully saturated rings. The number of carbonyl (C=O) groups excluding carboxylic acids is 1. The maximum absolute atomic E-state index is 13.4. The smallest absolute Gasteiger partial charge is 0.329 e. The normalized spacial score (nSPS) is 15.2. The average Bonchev–Trinajstić information content (AvgIpc) is 3.67. The van der Waals surface area contributed by atoms with Crippen LogP contribution in [0.4, 0.5) is 24.9 Å². The first-order valence-electron chi connectivity index (χ1n) is 13.6. The average molecular weight is 607 g/mol. The summed E-state index contributed by atoms with van der Waals surface area (Å²) in [6, 6.07) is 8.40. The predicted octanol–water partition coefficient (Wildman–Crippen LogP) is 2.36. The van der Waals surface area contributed by atoms with Gasteiger partial charge in [0, 0.05) is 37.7 Å². The van der Waals surface area contributed by atoms with Crippen LogP contribution >= 0.6 is 0 Å². The third-order valence-corrected chi connectivity index (χ3v) is 7.30. The second kappa shape index (κ2) is 11.3. The van der Waals surface area contributed by atoms with Crippen LogP contribution in [0.15, 0.2) is 70.9 Å². The predicted molar refractivity (Wildman–Crippen MR) is 153 cm³/mol. The lowest BCUT2D eigenvalue weighted by molar-refractivity contribution is -0.146. The SMILES string of the molecule is Cn1c(=O)n(Cc2ccccn2)c(=O)c2c1ncn2CC(=O)Nc1cccc(-c2cnc(N3CCC[C@H]3C(F)(F)F)nc2)n1. The van der Waals surface area contributed by atoms with Gasteiger partial charge >= 0.3 is 11.9 Å². The summed E-state index contributed by atoms with van der Waals surface area (Å²) in [4.78, 5) is 61.4. The van der Waals surface area contributed by atoms with Crippen molar-refractivity contribution < 1.29 is 18.0 Å². The third-order valence-electron chi connectivity index (χ3n) is 7.30. The van der Waals surface area contributed by atoms with Gasteiger partial charge in [-0.05, 0) is 37.1 Å². The molecule has 0 aliphatic carbocycles. The number of aromatic nitrogens is 8. The Morgan fingerprint density at radius 2 is 1.84 bits per heavy atom. The second-order valence-corrected chi connectivity index (χ2v) is 10.2. The Bertz CT molecular complexity index is 1950. The van der Waals surface area contributed by atoms with Crippen LogP contribution in [-0.2, 0) is 24.9 Å². The van der Waals surface area contributed by atoms with E-state index in [1.807, 2.05) is 0 Å². The Morgan fingerprint density at radius 1 is 1.05 bits per heavy atom. The number of nitrogens with one attached hydrogen (secondary N) is 1. The maximum Gasteiger partial charge on any atom is 0.408 e. The number of halogens is 3. The van der Waals surface area contributed by atoms with E-state index in [9.17, 15) is 27.6 Å². The van der Waals surface area contributed by atoms with Crippen molar-refractivity contribution in [2.24, 2.45) is 7.05 Å². The number of aryl methyl sites for hydroxylation is 1. The summed E-state index contributed by atoms with van der Waals surface area (Å²) in [6.45, 7) is -0.140. The van der Waals surface area contributed by atoms with Gasteiger partial charge in [0.2, 0.25) is 11.9 Å². The minimum absolute atomic E-state index is 0.00774. The molecule has 0 spiro atoms. The van der Waals surface area contributed by atoms with Gasteiger partial charge in [-0.3, -0.25) is 23.7 Å². The topological polar surface area (TPSA) is 146 Å². The van der Waals surface area contributed by atoms with E-state index in [-0.39, 0.29) is 49.0 Å². The molecule has 5 aromatic rings. The number of hydrogen-bond acceptors (Lipinski definition) is 9. The molecule has 1 aliphatic heterocycles. The molecule has 0 bridgehead atoms. The van der Waals surface area contributed by atoms with Crippen molar-refractivity contribution in [2.75, 3.05) is 16.8 Å². The lowest BCUT2D eigenvalue weighted by Gasteiger charge is -2.26. The molecule has 0 radical (unpaired) electrons. The molecule has 13 nitrogen and oxygen atoms in total. The summed E-state index contributed by atoms with van der Waals surface area (Å²) in [5.74, 6) is -0.336. The minimum atomic E-state index is -4.37. The van der Waals surface area contributed by atoms with Crippen molar-refractivity contribution in [1.82, 2.24) is 38.6 Å². The number of carbonyl (C=O) groups is 1. The fourth-order valence-electron chi connectivity index (χ4n) is 5.19. The molecule has 0 saturated carbocycles. The van der Waals surface area contributed by atoms with Gasteiger partial charge in [0.25, 0.3) is 5.56 Å². The van der Waals surface area contributed by atoms with Gasteiger partial charge in [0.1, 0.15) is 18.4 Å². The lowest BCUT2D eigenvalue weighted by Crippen LogP contribution is -2.42. The maximum atomic E-state index is 13.4. The molecular weight excluding hydrogens is 581 g/mol. The van der Waals surface area contributed by atoms with Crippen LogP contribution in [0.2, 0.25) is 0 Å². The number of anilines is 2. The highest BCUT2D eigenvalue weighted by atomic mass is 19.4. The summed E-state index contributed by atoms with van der Waals surface area (Å²) >= 11 is 0. The number of pyridine rings is 2. The second-order valence-electron chi connectivity index (χ2n) is 10.2. The first-order valence-corrected chi connectivity index (χ1v) is 13.6. The van der Waals surface area contributed by atoms with E-state index in [1.54, 1.807) is 42.6 Å². The fourth-order valence-corrected chi connectivity index (χ4v) is 5.19. The molecule has 1 amide bonds. The van der Waals surface area contributed by atoms with E-state index < -0.39 is 29.4 Å². The standard InChI is InChI=1S/C28H25F3N10O3/c1-38-24-23(25(43)41(27(38)44)14-18-6-2-3-10-32-18)39(16-35-24)15-22(42)37-21-9-4-7-19(36-21)17-12-33-26(34-13-17)40-11-5-8-20(40)28(29,30)31/h2-4,6-7,9-10,12-13,16,20H,5,8,11,14-15H2,1H3,(H,36,37,42)/t20-/m0/s1. The first kappa shape index (κ1) is 28.7. The number of fused-ring (bicyclic) bond motifs is 1. The van der Waals surface area contributed by atoms with Crippen molar-refractivity contribution in [3.05, 3.63) is 87.8 Å².